The van der Waals surface area contributed by atoms with Crippen LogP contribution < -0.4 is 0 Å². The monoisotopic (exact) mass is 152 g/mol. The van der Waals surface area contributed by atoms with E-state index in [-0.39, 0.29) is 0 Å². The summed E-state index contributed by atoms with van der Waals surface area (Å²) in [6.07, 6.45) is 4.64. The predicted octanol–water partition coefficient (Wildman–Crippen LogP) is 3.32. The molecule has 2 saturated carbocycles. The molecule has 0 aromatic carbocycles. The van der Waals surface area contributed by atoms with Crippen LogP contribution >= 0.6 is 0 Å². The molecule has 0 aromatic rings. The van der Waals surface area contributed by atoms with Gasteiger partial charge in [0.1, 0.15) is 0 Å². The second-order valence-electron chi connectivity index (χ2n) is 5.12. The van der Waals surface area contributed by atoms with E-state index in [0.717, 1.165) is 29.6 Å². The lowest BCUT2D eigenvalue weighted by Crippen LogP contribution is -2.22. The van der Waals surface area contributed by atoms with Gasteiger partial charge in [-0.05, 0) is 48.9 Å². The van der Waals surface area contributed by atoms with Crippen molar-refractivity contribution in [1.82, 2.24) is 0 Å². The van der Waals surface area contributed by atoms with Crippen LogP contribution in [0.4, 0.5) is 0 Å². The van der Waals surface area contributed by atoms with E-state index in [2.05, 4.69) is 20.8 Å². The van der Waals surface area contributed by atoms with E-state index in [1.54, 1.807) is 12.8 Å². The molecule has 2 aliphatic carbocycles. The normalized spacial score (nSPS) is 49.1. The quantitative estimate of drug-likeness (QED) is 0.540. The minimum atomic E-state index is 0.938. The molecule has 2 rings (SSSR count). The summed E-state index contributed by atoms with van der Waals surface area (Å²) < 4.78 is 0. The molecule has 4 unspecified atom stereocenters. The van der Waals surface area contributed by atoms with Gasteiger partial charge in [0.05, 0.1) is 0 Å². The first-order chi connectivity index (χ1) is 5.18. The molecule has 0 nitrogen and oxygen atoms in total. The van der Waals surface area contributed by atoms with Crippen LogP contribution in [0, 0.1) is 29.6 Å². The molecular weight excluding hydrogens is 132 g/mol. The third kappa shape index (κ3) is 1.11. The minimum Gasteiger partial charge on any atom is -0.0625 e. The fourth-order valence-corrected chi connectivity index (χ4v) is 3.53. The highest BCUT2D eigenvalue weighted by molar-refractivity contribution is 4.94. The largest absolute Gasteiger partial charge is 0.0625 e. The van der Waals surface area contributed by atoms with E-state index in [1.807, 2.05) is 0 Å². The maximum absolute atomic E-state index is 2.46. The van der Waals surface area contributed by atoms with Gasteiger partial charge in [-0.3, -0.25) is 0 Å². The molecule has 0 saturated heterocycles. The summed E-state index contributed by atoms with van der Waals surface area (Å²) in [4.78, 5) is 0. The first-order valence-electron chi connectivity index (χ1n) is 5.18. The van der Waals surface area contributed by atoms with Crippen LogP contribution in [0.5, 0.6) is 0 Å². The van der Waals surface area contributed by atoms with Gasteiger partial charge >= 0.3 is 0 Å². The SMILES string of the molecule is CC(C)C1CC2CC(C)C1C2. The van der Waals surface area contributed by atoms with Crippen molar-refractivity contribution in [3.63, 3.8) is 0 Å². The Morgan fingerprint density at radius 2 is 1.82 bits per heavy atom. The zero-order valence-electron chi connectivity index (χ0n) is 8.01. The summed E-state index contributed by atoms with van der Waals surface area (Å²) in [5.41, 5.74) is 0. The van der Waals surface area contributed by atoms with Crippen LogP contribution in [0.1, 0.15) is 40.0 Å². The first kappa shape index (κ1) is 7.64. The highest BCUT2D eigenvalue weighted by Crippen LogP contribution is 2.53. The number of hydrogen-bond acceptors (Lipinski definition) is 0. The molecule has 0 aromatic heterocycles. The molecule has 64 valence electrons. The van der Waals surface area contributed by atoms with Crippen LogP contribution in [-0.4, -0.2) is 0 Å². The molecule has 2 bridgehead atoms. The third-order valence-electron chi connectivity index (χ3n) is 4.05. The van der Waals surface area contributed by atoms with Gasteiger partial charge in [0.25, 0.3) is 0 Å². The lowest BCUT2D eigenvalue weighted by atomic mass is 9.76. The van der Waals surface area contributed by atoms with E-state index in [1.165, 1.54) is 6.42 Å². The highest BCUT2D eigenvalue weighted by Gasteiger charge is 2.44. The van der Waals surface area contributed by atoms with Gasteiger partial charge in [0.2, 0.25) is 0 Å². The van der Waals surface area contributed by atoms with Crippen molar-refractivity contribution in [1.29, 1.82) is 0 Å². The minimum absolute atomic E-state index is 0.938. The topological polar surface area (TPSA) is 0 Å². The molecule has 0 heterocycles. The summed E-state index contributed by atoms with van der Waals surface area (Å²) in [6.45, 7) is 7.26. The average Bonchev–Trinajstić information content (AvgIpc) is 2.43. The number of fused-ring (bicyclic) bond motifs is 2. The molecule has 0 radical (unpaired) electrons. The zero-order valence-corrected chi connectivity index (χ0v) is 8.01. The highest BCUT2D eigenvalue weighted by atomic mass is 14.5. The molecule has 0 heteroatoms. The van der Waals surface area contributed by atoms with Crippen LogP contribution in [0.2, 0.25) is 0 Å². The van der Waals surface area contributed by atoms with E-state index in [4.69, 9.17) is 0 Å². The van der Waals surface area contributed by atoms with E-state index in [0.29, 0.717) is 0 Å². The first-order valence-corrected chi connectivity index (χ1v) is 5.18. The van der Waals surface area contributed by atoms with Crippen molar-refractivity contribution in [3.05, 3.63) is 0 Å². The molecule has 4 atom stereocenters. The fourth-order valence-electron chi connectivity index (χ4n) is 3.53. The molecule has 0 amide bonds. The second-order valence-corrected chi connectivity index (χ2v) is 5.12. The fraction of sp³-hybridized carbons (Fsp3) is 1.00. The van der Waals surface area contributed by atoms with Crippen molar-refractivity contribution < 1.29 is 0 Å². The molecule has 0 spiro atoms. The smallest absolute Gasteiger partial charge is 0.0355 e. The summed E-state index contributed by atoms with van der Waals surface area (Å²) in [6, 6.07) is 0. The van der Waals surface area contributed by atoms with Gasteiger partial charge in [0, 0.05) is 0 Å². The standard InChI is InChI=1S/C11H20/c1-7(2)10-5-9-4-8(3)11(10)6-9/h7-11H,4-6H2,1-3H3. The lowest BCUT2D eigenvalue weighted by molar-refractivity contribution is 0.199. The summed E-state index contributed by atoms with van der Waals surface area (Å²) in [5.74, 6) is 5.26. The predicted molar refractivity (Wildman–Crippen MR) is 48.3 cm³/mol. The molecular formula is C11H20. The van der Waals surface area contributed by atoms with E-state index in [9.17, 15) is 0 Å². The van der Waals surface area contributed by atoms with Crippen molar-refractivity contribution >= 4 is 0 Å². The van der Waals surface area contributed by atoms with Gasteiger partial charge in [-0.1, -0.05) is 20.8 Å². The van der Waals surface area contributed by atoms with Crippen LogP contribution in [-0.2, 0) is 0 Å². The van der Waals surface area contributed by atoms with Gasteiger partial charge in [-0.15, -0.1) is 0 Å². The Bertz CT molecular complexity index is 148. The lowest BCUT2D eigenvalue weighted by Gasteiger charge is -2.29. The molecule has 2 fully saturated rings. The molecule has 2 aliphatic rings. The van der Waals surface area contributed by atoms with Crippen LogP contribution in [0.15, 0.2) is 0 Å². The van der Waals surface area contributed by atoms with Crippen molar-refractivity contribution in [2.75, 3.05) is 0 Å². The van der Waals surface area contributed by atoms with Gasteiger partial charge < -0.3 is 0 Å². The summed E-state index contributed by atoms with van der Waals surface area (Å²) >= 11 is 0. The second kappa shape index (κ2) is 2.50. The maximum Gasteiger partial charge on any atom is -0.0355 e. The zero-order chi connectivity index (χ0) is 8.01. The maximum atomic E-state index is 2.46. The van der Waals surface area contributed by atoms with Crippen LogP contribution in [0.25, 0.3) is 0 Å². The van der Waals surface area contributed by atoms with Crippen LogP contribution in [0.3, 0.4) is 0 Å². The van der Waals surface area contributed by atoms with Crippen molar-refractivity contribution in [2.24, 2.45) is 29.6 Å². The Morgan fingerprint density at radius 3 is 2.18 bits per heavy atom. The Balaban J connectivity index is 2.06. The van der Waals surface area contributed by atoms with Gasteiger partial charge in [-0.25, -0.2) is 0 Å². The Kier molecular flexibility index (Phi) is 1.74. The number of hydrogen-bond donors (Lipinski definition) is 0. The van der Waals surface area contributed by atoms with E-state index < -0.39 is 0 Å². The molecule has 11 heavy (non-hydrogen) atoms. The Morgan fingerprint density at radius 1 is 1.09 bits per heavy atom. The van der Waals surface area contributed by atoms with Gasteiger partial charge in [0.15, 0.2) is 0 Å². The summed E-state index contributed by atoms with van der Waals surface area (Å²) in [7, 11) is 0. The Hall–Kier alpha value is 0. The molecule has 0 aliphatic heterocycles. The van der Waals surface area contributed by atoms with Crippen molar-refractivity contribution in [2.45, 2.75) is 40.0 Å². The third-order valence-corrected chi connectivity index (χ3v) is 4.05. The van der Waals surface area contributed by atoms with E-state index >= 15 is 0 Å². The average molecular weight is 152 g/mol. The summed E-state index contributed by atoms with van der Waals surface area (Å²) in [5, 5.41) is 0. The molecule has 0 N–H and O–H groups in total. The van der Waals surface area contributed by atoms with Gasteiger partial charge in [-0.2, -0.15) is 0 Å². The number of rotatable bonds is 1. The van der Waals surface area contributed by atoms with Crippen molar-refractivity contribution in [3.8, 4) is 0 Å². The Labute approximate surface area is 70.4 Å².